The average molecular weight is 219 g/mol. The average Bonchev–Trinajstić information content (AvgIpc) is 2.15. The number of nitrogens with two attached hydrogens (primary N) is 1. The molecule has 0 amide bonds. The number of benzene rings is 1. The summed E-state index contributed by atoms with van der Waals surface area (Å²) >= 11 is 0. The number of carboxylic acid groups (broad SMARTS) is 1. The van der Waals surface area contributed by atoms with Crippen molar-refractivity contribution in [1.82, 2.24) is 0 Å². The third-order valence-electron chi connectivity index (χ3n) is 1.87. The molecule has 1 aromatic carbocycles. The summed E-state index contributed by atoms with van der Waals surface area (Å²) in [7, 11) is 0. The molecule has 1 rings (SSSR count). The first kappa shape index (κ1) is 11.5. The minimum atomic E-state index is -4.59. The number of hydrogen-bond acceptors (Lipinski definition) is 2. The van der Waals surface area contributed by atoms with Crippen LogP contribution in [0, 0.1) is 0 Å². The molecular weight excluding hydrogens is 211 g/mol. The molecule has 0 aromatic heterocycles. The van der Waals surface area contributed by atoms with Crippen LogP contribution in [0.4, 0.5) is 13.2 Å². The van der Waals surface area contributed by atoms with E-state index in [9.17, 15) is 18.0 Å². The molecule has 0 aliphatic rings. The Morgan fingerprint density at radius 2 is 1.87 bits per heavy atom. The number of carbonyl (C=O) groups is 1. The van der Waals surface area contributed by atoms with Crippen molar-refractivity contribution in [3.05, 3.63) is 35.4 Å². The Labute approximate surface area is 83.3 Å². The number of rotatable bonds is 2. The SMILES string of the molecule is NC(C(=O)O)c1ccccc1C(F)(F)F. The zero-order chi connectivity index (χ0) is 11.6. The van der Waals surface area contributed by atoms with Gasteiger partial charge in [-0.15, -0.1) is 0 Å². The Hall–Kier alpha value is -1.56. The predicted octanol–water partition coefficient (Wildman–Crippen LogP) is 1.79. The molecule has 0 saturated carbocycles. The summed E-state index contributed by atoms with van der Waals surface area (Å²) in [4.78, 5) is 10.5. The molecule has 0 aliphatic carbocycles. The number of aliphatic carboxylic acids is 1. The summed E-state index contributed by atoms with van der Waals surface area (Å²) in [5.41, 5.74) is 3.69. The van der Waals surface area contributed by atoms with Gasteiger partial charge < -0.3 is 10.8 Å². The molecule has 3 N–H and O–H groups in total. The van der Waals surface area contributed by atoms with Gasteiger partial charge in [-0.2, -0.15) is 13.2 Å². The third kappa shape index (κ3) is 2.47. The second-order valence-corrected chi connectivity index (χ2v) is 2.90. The fourth-order valence-electron chi connectivity index (χ4n) is 1.16. The predicted molar refractivity (Wildman–Crippen MR) is 46.0 cm³/mol. The summed E-state index contributed by atoms with van der Waals surface area (Å²) < 4.78 is 37.3. The Kier molecular flexibility index (Phi) is 2.99. The lowest BCUT2D eigenvalue weighted by Crippen LogP contribution is -2.24. The lowest BCUT2D eigenvalue weighted by atomic mass is 10.0. The number of alkyl halides is 3. The molecule has 3 nitrogen and oxygen atoms in total. The third-order valence-corrected chi connectivity index (χ3v) is 1.87. The van der Waals surface area contributed by atoms with Gasteiger partial charge in [-0.25, -0.2) is 0 Å². The maximum absolute atomic E-state index is 12.4. The lowest BCUT2D eigenvalue weighted by molar-refractivity contribution is -0.141. The van der Waals surface area contributed by atoms with Crippen LogP contribution in [0.2, 0.25) is 0 Å². The van der Waals surface area contributed by atoms with Gasteiger partial charge in [-0.3, -0.25) is 4.79 Å². The van der Waals surface area contributed by atoms with E-state index in [-0.39, 0.29) is 0 Å². The summed E-state index contributed by atoms with van der Waals surface area (Å²) in [6, 6.07) is 2.69. The molecule has 82 valence electrons. The second kappa shape index (κ2) is 3.90. The first-order valence-corrected chi connectivity index (χ1v) is 3.98. The molecule has 15 heavy (non-hydrogen) atoms. The van der Waals surface area contributed by atoms with Crippen LogP contribution in [0.25, 0.3) is 0 Å². The van der Waals surface area contributed by atoms with Gasteiger partial charge in [0.2, 0.25) is 0 Å². The van der Waals surface area contributed by atoms with E-state index in [0.29, 0.717) is 0 Å². The van der Waals surface area contributed by atoms with Crippen molar-refractivity contribution in [2.24, 2.45) is 5.73 Å². The van der Waals surface area contributed by atoms with Crippen LogP contribution in [0.5, 0.6) is 0 Å². The maximum Gasteiger partial charge on any atom is 0.416 e. The van der Waals surface area contributed by atoms with Gasteiger partial charge in [-0.1, -0.05) is 18.2 Å². The van der Waals surface area contributed by atoms with Crippen LogP contribution >= 0.6 is 0 Å². The standard InChI is InChI=1S/C9H8F3NO2/c10-9(11,12)6-4-2-1-3-5(6)7(13)8(14)15/h1-4,7H,13H2,(H,14,15). The van der Waals surface area contributed by atoms with Crippen LogP contribution in [-0.2, 0) is 11.0 Å². The molecule has 1 unspecified atom stereocenters. The smallest absolute Gasteiger partial charge is 0.416 e. The molecule has 1 aromatic rings. The summed E-state index contributed by atoms with van der Waals surface area (Å²) in [5, 5.41) is 8.53. The van der Waals surface area contributed by atoms with Gasteiger partial charge in [0, 0.05) is 0 Å². The van der Waals surface area contributed by atoms with E-state index in [0.717, 1.165) is 12.1 Å². The van der Waals surface area contributed by atoms with Crippen LogP contribution < -0.4 is 5.73 Å². The molecular formula is C9H8F3NO2. The van der Waals surface area contributed by atoms with Gasteiger partial charge in [-0.05, 0) is 11.6 Å². The van der Waals surface area contributed by atoms with Gasteiger partial charge in [0.1, 0.15) is 6.04 Å². The molecule has 0 heterocycles. The molecule has 0 aliphatic heterocycles. The van der Waals surface area contributed by atoms with Crippen LogP contribution in [0.1, 0.15) is 17.2 Å². The van der Waals surface area contributed by atoms with Gasteiger partial charge in [0.25, 0.3) is 0 Å². The quantitative estimate of drug-likeness (QED) is 0.796. The van der Waals surface area contributed by atoms with E-state index in [2.05, 4.69) is 0 Å². The molecule has 0 radical (unpaired) electrons. The molecule has 6 heteroatoms. The van der Waals surface area contributed by atoms with Gasteiger partial charge >= 0.3 is 12.1 Å². The summed E-state index contributed by atoms with van der Waals surface area (Å²) in [6.07, 6.45) is -4.59. The van der Waals surface area contributed by atoms with Crippen molar-refractivity contribution >= 4 is 5.97 Å². The highest BCUT2D eigenvalue weighted by Gasteiger charge is 2.35. The molecule has 0 spiro atoms. The number of hydrogen-bond donors (Lipinski definition) is 2. The topological polar surface area (TPSA) is 63.3 Å². The zero-order valence-corrected chi connectivity index (χ0v) is 7.45. The van der Waals surface area contributed by atoms with E-state index >= 15 is 0 Å². The van der Waals surface area contributed by atoms with Crippen LogP contribution in [-0.4, -0.2) is 11.1 Å². The first-order chi connectivity index (χ1) is 6.84. The first-order valence-electron chi connectivity index (χ1n) is 3.98. The van der Waals surface area contributed by atoms with E-state index < -0.39 is 29.3 Å². The Morgan fingerprint density at radius 3 is 2.33 bits per heavy atom. The largest absolute Gasteiger partial charge is 0.480 e. The van der Waals surface area contributed by atoms with Gasteiger partial charge in [0.05, 0.1) is 5.56 Å². The maximum atomic E-state index is 12.4. The molecule has 0 fully saturated rings. The second-order valence-electron chi connectivity index (χ2n) is 2.90. The van der Waals surface area contributed by atoms with E-state index in [1.165, 1.54) is 12.1 Å². The highest BCUT2D eigenvalue weighted by Crippen LogP contribution is 2.33. The van der Waals surface area contributed by atoms with Crippen LogP contribution in [0.15, 0.2) is 24.3 Å². The fourth-order valence-corrected chi connectivity index (χ4v) is 1.16. The Bertz CT molecular complexity index is 376. The molecule has 0 bridgehead atoms. The Balaban J connectivity index is 3.24. The molecule has 0 saturated heterocycles. The monoisotopic (exact) mass is 219 g/mol. The minimum absolute atomic E-state index is 0.433. The summed E-state index contributed by atoms with van der Waals surface area (Å²) in [5.74, 6) is -1.49. The Morgan fingerprint density at radius 1 is 1.33 bits per heavy atom. The normalized spacial score (nSPS) is 13.6. The van der Waals surface area contributed by atoms with Crippen molar-refractivity contribution < 1.29 is 23.1 Å². The highest BCUT2D eigenvalue weighted by molar-refractivity contribution is 5.75. The van der Waals surface area contributed by atoms with E-state index in [4.69, 9.17) is 10.8 Å². The highest BCUT2D eigenvalue weighted by atomic mass is 19.4. The van der Waals surface area contributed by atoms with Crippen molar-refractivity contribution in [2.45, 2.75) is 12.2 Å². The lowest BCUT2D eigenvalue weighted by Gasteiger charge is -2.14. The molecule has 1 atom stereocenters. The van der Waals surface area contributed by atoms with Gasteiger partial charge in [0.15, 0.2) is 0 Å². The zero-order valence-electron chi connectivity index (χ0n) is 7.45. The van der Waals surface area contributed by atoms with Crippen molar-refractivity contribution in [2.75, 3.05) is 0 Å². The number of carboxylic acids is 1. The number of halogens is 3. The summed E-state index contributed by atoms with van der Waals surface area (Å²) in [6.45, 7) is 0. The van der Waals surface area contributed by atoms with Crippen molar-refractivity contribution in [1.29, 1.82) is 0 Å². The van der Waals surface area contributed by atoms with E-state index in [1.807, 2.05) is 0 Å². The van der Waals surface area contributed by atoms with E-state index in [1.54, 1.807) is 0 Å². The van der Waals surface area contributed by atoms with Crippen molar-refractivity contribution in [3.8, 4) is 0 Å². The van der Waals surface area contributed by atoms with Crippen molar-refractivity contribution in [3.63, 3.8) is 0 Å². The minimum Gasteiger partial charge on any atom is -0.480 e. The fraction of sp³-hybridized carbons (Fsp3) is 0.222. The van der Waals surface area contributed by atoms with Crippen LogP contribution in [0.3, 0.4) is 0 Å².